The van der Waals surface area contributed by atoms with E-state index in [0.29, 0.717) is 15.4 Å². The number of hydrogen-bond acceptors (Lipinski definition) is 8. The average Bonchev–Trinajstić information content (AvgIpc) is 3.03. The zero-order chi connectivity index (χ0) is 15.0. The van der Waals surface area contributed by atoms with Crippen LogP contribution >= 0.6 is 11.3 Å². The van der Waals surface area contributed by atoms with Crippen molar-refractivity contribution >= 4 is 38.3 Å². The molecule has 0 aromatic carbocycles. The summed E-state index contributed by atoms with van der Waals surface area (Å²) in [6, 6.07) is 3.26. The van der Waals surface area contributed by atoms with Gasteiger partial charge in [-0.15, -0.1) is 11.3 Å². The van der Waals surface area contributed by atoms with Gasteiger partial charge in [-0.25, -0.2) is 13.4 Å². The van der Waals surface area contributed by atoms with Gasteiger partial charge >= 0.3 is 0 Å². The molecule has 0 bridgehead atoms. The number of ether oxygens (including phenoxy) is 1. The molecule has 8 nitrogen and oxygen atoms in total. The molecule has 3 aromatic heterocycles. The first-order chi connectivity index (χ1) is 9.93. The number of H-pyrrole nitrogens is 1. The molecular formula is C11H11N5O3S2. The molecule has 0 saturated heterocycles. The van der Waals surface area contributed by atoms with E-state index < -0.39 is 9.84 Å². The first-order valence-corrected chi connectivity index (χ1v) is 8.52. The largest absolute Gasteiger partial charge is 0.470 e. The van der Waals surface area contributed by atoms with Gasteiger partial charge in [-0.05, 0) is 12.1 Å². The van der Waals surface area contributed by atoms with Crippen molar-refractivity contribution in [3.05, 3.63) is 23.3 Å². The van der Waals surface area contributed by atoms with Gasteiger partial charge in [0.25, 0.3) is 0 Å². The number of fused-ring (bicyclic) bond motifs is 1. The van der Waals surface area contributed by atoms with Crippen LogP contribution in [0.4, 0.5) is 5.95 Å². The van der Waals surface area contributed by atoms with Crippen molar-refractivity contribution in [2.75, 3.05) is 12.0 Å². The molecule has 0 radical (unpaired) electrons. The number of nitrogen functional groups attached to an aromatic ring is 1. The SMILES string of the molecule is CS(=O)(=O)c1ccc(COc2nc(N)nc3nc[nH]c23)s1. The molecule has 0 spiro atoms. The van der Waals surface area contributed by atoms with Gasteiger partial charge < -0.3 is 15.5 Å². The van der Waals surface area contributed by atoms with E-state index in [2.05, 4.69) is 19.9 Å². The topological polar surface area (TPSA) is 124 Å². The molecule has 0 aliphatic heterocycles. The second-order valence-corrected chi connectivity index (χ2v) is 7.68. The number of aromatic nitrogens is 4. The number of rotatable bonds is 4. The van der Waals surface area contributed by atoms with E-state index in [9.17, 15) is 8.42 Å². The fraction of sp³-hybridized carbons (Fsp3) is 0.182. The Morgan fingerprint density at radius 2 is 2.19 bits per heavy atom. The lowest BCUT2D eigenvalue weighted by molar-refractivity contribution is 0.301. The predicted octanol–water partition coefficient (Wildman–Crippen LogP) is 0.979. The van der Waals surface area contributed by atoms with Crippen molar-refractivity contribution in [2.45, 2.75) is 10.8 Å². The van der Waals surface area contributed by atoms with Crippen LogP contribution in [-0.2, 0) is 16.4 Å². The van der Waals surface area contributed by atoms with Crippen LogP contribution < -0.4 is 10.5 Å². The molecule has 0 aliphatic carbocycles. The number of imidazole rings is 1. The summed E-state index contributed by atoms with van der Waals surface area (Å²) < 4.78 is 28.7. The number of nitrogens with zero attached hydrogens (tertiary/aromatic N) is 3. The Morgan fingerprint density at radius 1 is 1.38 bits per heavy atom. The summed E-state index contributed by atoms with van der Waals surface area (Å²) in [6.07, 6.45) is 2.64. The molecule has 10 heteroatoms. The van der Waals surface area contributed by atoms with Crippen LogP contribution in [0.5, 0.6) is 5.88 Å². The molecule has 0 unspecified atom stereocenters. The molecule has 0 fully saturated rings. The Bertz CT molecular complexity index is 900. The molecule has 0 aliphatic rings. The van der Waals surface area contributed by atoms with Crippen molar-refractivity contribution < 1.29 is 13.2 Å². The van der Waals surface area contributed by atoms with Crippen molar-refractivity contribution in [3.63, 3.8) is 0 Å². The number of sulfone groups is 1. The summed E-state index contributed by atoms with van der Waals surface area (Å²) >= 11 is 1.16. The average molecular weight is 325 g/mol. The van der Waals surface area contributed by atoms with Crippen LogP contribution in [0.3, 0.4) is 0 Å². The molecule has 0 atom stereocenters. The van der Waals surface area contributed by atoms with Crippen LogP contribution in [0.1, 0.15) is 4.88 Å². The number of anilines is 1. The number of aromatic amines is 1. The molecule has 0 saturated carbocycles. The maximum atomic E-state index is 11.4. The minimum absolute atomic E-state index is 0.0626. The van der Waals surface area contributed by atoms with Gasteiger partial charge in [0, 0.05) is 11.1 Å². The smallest absolute Gasteiger partial charge is 0.245 e. The molecule has 3 aromatic rings. The Hall–Kier alpha value is -2.20. The highest BCUT2D eigenvalue weighted by molar-refractivity contribution is 7.92. The second-order valence-electron chi connectivity index (χ2n) is 4.27. The summed E-state index contributed by atoms with van der Waals surface area (Å²) in [4.78, 5) is 15.6. The molecule has 3 N–H and O–H groups in total. The summed E-state index contributed by atoms with van der Waals surface area (Å²) in [5.74, 6) is 0.344. The Kier molecular flexibility index (Phi) is 3.26. The quantitative estimate of drug-likeness (QED) is 0.732. The first-order valence-electron chi connectivity index (χ1n) is 5.81. The van der Waals surface area contributed by atoms with E-state index in [-0.39, 0.29) is 18.4 Å². The lowest BCUT2D eigenvalue weighted by atomic mass is 10.5. The standard InChI is InChI=1S/C11H11N5O3S2/c1-21(17,18)7-3-2-6(20-7)4-19-10-8-9(14-5-13-8)15-11(12)16-10/h2-3,5H,4H2,1H3,(H3,12,13,14,15,16). The zero-order valence-corrected chi connectivity index (χ0v) is 12.5. The summed E-state index contributed by atoms with van der Waals surface area (Å²) in [5, 5.41) is 0. The fourth-order valence-electron chi connectivity index (χ4n) is 1.70. The lowest BCUT2D eigenvalue weighted by Gasteiger charge is -2.04. The molecule has 3 heterocycles. The fourth-order valence-corrected chi connectivity index (χ4v) is 3.59. The normalized spacial score (nSPS) is 11.9. The van der Waals surface area contributed by atoms with Crippen molar-refractivity contribution in [1.29, 1.82) is 0 Å². The maximum absolute atomic E-state index is 11.4. The second kappa shape index (κ2) is 4.97. The Labute approximate surface area is 123 Å². The Morgan fingerprint density at radius 3 is 2.90 bits per heavy atom. The van der Waals surface area contributed by atoms with Gasteiger partial charge in [-0.3, -0.25) is 0 Å². The van der Waals surface area contributed by atoms with Crippen molar-refractivity contribution in [2.24, 2.45) is 0 Å². The van der Waals surface area contributed by atoms with Gasteiger partial charge in [0.15, 0.2) is 15.5 Å². The zero-order valence-electron chi connectivity index (χ0n) is 10.9. The Balaban J connectivity index is 1.83. The summed E-state index contributed by atoms with van der Waals surface area (Å²) in [7, 11) is -3.20. The van der Waals surface area contributed by atoms with Crippen LogP contribution in [0, 0.1) is 0 Å². The molecule has 0 amide bonds. The van der Waals surface area contributed by atoms with E-state index in [0.717, 1.165) is 16.2 Å². The van der Waals surface area contributed by atoms with Gasteiger partial charge in [-0.1, -0.05) is 0 Å². The van der Waals surface area contributed by atoms with E-state index in [1.807, 2.05) is 0 Å². The van der Waals surface area contributed by atoms with Gasteiger partial charge in [0.1, 0.15) is 16.3 Å². The van der Waals surface area contributed by atoms with E-state index in [4.69, 9.17) is 10.5 Å². The molecule has 110 valence electrons. The van der Waals surface area contributed by atoms with Crippen molar-refractivity contribution in [1.82, 2.24) is 19.9 Å². The highest BCUT2D eigenvalue weighted by Crippen LogP contribution is 2.25. The minimum Gasteiger partial charge on any atom is -0.470 e. The van der Waals surface area contributed by atoms with E-state index in [1.54, 1.807) is 12.1 Å². The predicted molar refractivity (Wildman–Crippen MR) is 77.9 cm³/mol. The highest BCUT2D eigenvalue weighted by Gasteiger charge is 2.13. The number of nitrogens with two attached hydrogens (primary N) is 1. The van der Waals surface area contributed by atoms with E-state index in [1.165, 1.54) is 12.6 Å². The third-order valence-electron chi connectivity index (χ3n) is 2.62. The van der Waals surface area contributed by atoms with Gasteiger partial charge in [-0.2, -0.15) is 9.97 Å². The number of thiophene rings is 1. The number of hydrogen-bond donors (Lipinski definition) is 2. The minimum atomic E-state index is -3.20. The molecule has 3 rings (SSSR count). The van der Waals surface area contributed by atoms with Crippen LogP contribution in [-0.4, -0.2) is 34.6 Å². The van der Waals surface area contributed by atoms with Crippen molar-refractivity contribution in [3.8, 4) is 5.88 Å². The van der Waals surface area contributed by atoms with Crippen LogP contribution in [0.15, 0.2) is 22.7 Å². The molecular weight excluding hydrogens is 314 g/mol. The molecule has 21 heavy (non-hydrogen) atoms. The van der Waals surface area contributed by atoms with Gasteiger partial charge in [0.05, 0.1) is 6.33 Å². The summed E-state index contributed by atoms with van der Waals surface area (Å²) in [6.45, 7) is 0.185. The number of nitrogens with one attached hydrogen (secondary N) is 1. The first kappa shape index (κ1) is 13.8. The monoisotopic (exact) mass is 325 g/mol. The van der Waals surface area contributed by atoms with Crippen LogP contribution in [0.2, 0.25) is 0 Å². The van der Waals surface area contributed by atoms with Gasteiger partial charge in [0.2, 0.25) is 11.8 Å². The third kappa shape index (κ3) is 2.81. The highest BCUT2D eigenvalue weighted by atomic mass is 32.2. The van der Waals surface area contributed by atoms with E-state index >= 15 is 0 Å². The summed E-state index contributed by atoms with van der Waals surface area (Å²) in [5.41, 5.74) is 6.54. The third-order valence-corrected chi connectivity index (χ3v) is 5.50. The van der Waals surface area contributed by atoms with Crippen LogP contribution in [0.25, 0.3) is 11.2 Å². The maximum Gasteiger partial charge on any atom is 0.245 e. The lowest BCUT2D eigenvalue weighted by Crippen LogP contribution is -2.01.